The minimum atomic E-state index is -0.331. The standard InChI is InChI=1S/C17H15ClN4O2/c18-13-6-4-12(5-7-13)9-16(23)20-21-17(24)10-14-11-22-8-2-1-3-15(22)19-14/h1-8,11H,9-10H2,(H,20,23)(H,21,24). The first-order valence-electron chi connectivity index (χ1n) is 7.35. The zero-order valence-electron chi connectivity index (χ0n) is 12.7. The lowest BCUT2D eigenvalue weighted by molar-refractivity contribution is -0.128. The molecule has 122 valence electrons. The third-order valence-electron chi connectivity index (χ3n) is 3.37. The first kappa shape index (κ1) is 16.0. The average Bonchev–Trinajstić information content (AvgIpc) is 2.97. The predicted octanol–water partition coefficient (Wildman–Crippen LogP) is 1.92. The molecule has 3 aromatic rings. The number of rotatable bonds is 4. The van der Waals surface area contributed by atoms with Crippen LogP contribution in [0.3, 0.4) is 0 Å². The lowest BCUT2D eigenvalue weighted by Gasteiger charge is -2.06. The highest BCUT2D eigenvalue weighted by molar-refractivity contribution is 6.30. The Kier molecular flexibility index (Phi) is 4.77. The first-order chi connectivity index (χ1) is 11.6. The maximum atomic E-state index is 11.9. The number of carbonyl (C=O) groups is 2. The van der Waals surface area contributed by atoms with Crippen molar-refractivity contribution in [2.24, 2.45) is 0 Å². The number of amides is 2. The number of nitrogens with one attached hydrogen (secondary N) is 2. The molecule has 1 aromatic carbocycles. The number of hydrogen-bond acceptors (Lipinski definition) is 3. The van der Waals surface area contributed by atoms with Crippen LogP contribution in [0.4, 0.5) is 0 Å². The molecule has 2 heterocycles. The highest BCUT2D eigenvalue weighted by Gasteiger charge is 2.09. The van der Waals surface area contributed by atoms with E-state index in [9.17, 15) is 9.59 Å². The summed E-state index contributed by atoms with van der Waals surface area (Å²) < 4.78 is 1.84. The van der Waals surface area contributed by atoms with Crippen LogP contribution in [0.5, 0.6) is 0 Å². The summed E-state index contributed by atoms with van der Waals surface area (Å²) in [4.78, 5) is 28.0. The smallest absolute Gasteiger partial charge is 0.244 e. The number of fused-ring (bicyclic) bond motifs is 1. The average molecular weight is 343 g/mol. The Morgan fingerprint density at radius 1 is 1.00 bits per heavy atom. The molecule has 0 saturated carbocycles. The Morgan fingerprint density at radius 3 is 2.42 bits per heavy atom. The number of halogens is 1. The van der Waals surface area contributed by atoms with Crippen LogP contribution in [0.2, 0.25) is 5.02 Å². The first-order valence-corrected chi connectivity index (χ1v) is 7.73. The molecule has 0 radical (unpaired) electrons. The van der Waals surface area contributed by atoms with Gasteiger partial charge in [0.2, 0.25) is 11.8 Å². The summed E-state index contributed by atoms with van der Waals surface area (Å²) in [6.07, 6.45) is 3.89. The van der Waals surface area contributed by atoms with Crippen molar-refractivity contribution in [3.63, 3.8) is 0 Å². The van der Waals surface area contributed by atoms with E-state index >= 15 is 0 Å². The Balaban J connectivity index is 1.49. The van der Waals surface area contributed by atoms with Gasteiger partial charge in [-0.15, -0.1) is 0 Å². The molecule has 0 aliphatic heterocycles. The minimum Gasteiger partial charge on any atom is -0.307 e. The van der Waals surface area contributed by atoms with Gasteiger partial charge in [0.15, 0.2) is 0 Å². The molecule has 0 spiro atoms. The lowest BCUT2D eigenvalue weighted by atomic mass is 10.1. The molecular formula is C17H15ClN4O2. The van der Waals surface area contributed by atoms with Crippen LogP contribution in [0.1, 0.15) is 11.3 Å². The molecule has 2 aromatic heterocycles. The summed E-state index contributed by atoms with van der Waals surface area (Å²) in [5.74, 6) is -0.636. The van der Waals surface area contributed by atoms with E-state index in [0.717, 1.165) is 11.2 Å². The number of hydrogen-bond donors (Lipinski definition) is 2. The molecule has 0 unspecified atom stereocenters. The molecule has 0 saturated heterocycles. The molecule has 3 rings (SSSR count). The second kappa shape index (κ2) is 7.14. The van der Waals surface area contributed by atoms with Crippen LogP contribution in [0.15, 0.2) is 54.9 Å². The number of aromatic nitrogens is 2. The zero-order valence-corrected chi connectivity index (χ0v) is 13.5. The van der Waals surface area contributed by atoms with Crippen molar-refractivity contribution in [1.82, 2.24) is 20.2 Å². The van der Waals surface area contributed by atoms with Gasteiger partial charge in [-0.1, -0.05) is 29.8 Å². The number of benzene rings is 1. The van der Waals surface area contributed by atoms with E-state index in [2.05, 4.69) is 15.8 Å². The van der Waals surface area contributed by atoms with E-state index in [1.54, 1.807) is 30.5 Å². The largest absolute Gasteiger partial charge is 0.307 e. The Labute approximate surface area is 143 Å². The van der Waals surface area contributed by atoms with Gasteiger partial charge >= 0.3 is 0 Å². The maximum absolute atomic E-state index is 11.9. The molecule has 0 bridgehead atoms. The molecule has 2 amide bonds. The molecule has 0 atom stereocenters. The van der Waals surface area contributed by atoms with Gasteiger partial charge in [0, 0.05) is 17.4 Å². The summed E-state index contributed by atoms with van der Waals surface area (Å²) in [6.45, 7) is 0. The molecule has 0 fully saturated rings. The van der Waals surface area contributed by atoms with Gasteiger partial charge in [-0.05, 0) is 29.8 Å². The highest BCUT2D eigenvalue weighted by Crippen LogP contribution is 2.09. The van der Waals surface area contributed by atoms with Crippen molar-refractivity contribution < 1.29 is 9.59 Å². The second-order valence-electron chi connectivity index (χ2n) is 5.27. The van der Waals surface area contributed by atoms with E-state index < -0.39 is 0 Å². The summed E-state index contributed by atoms with van der Waals surface area (Å²) in [5.41, 5.74) is 7.00. The van der Waals surface area contributed by atoms with Crippen LogP contribution in [-0.2, 0) is 22.4 Å². The Hall–Kier alpha value is -2.86. The number of pyridine rings is 1. The summed E-state index contributed by atoms with van der Waals surface area (Å²) in [7, 11) is 0. The topological polar surface area (TPSA) is 75.5 Å². The van der Waals surface area contributed by atoms with Gasteiger partial charge in [-0.3, -0.25) is 20.4 Å². The van der Waals surface area contributed by atoms with Gasteiger partial charge in [-0.2, -0.15) is 0 Å². The molecule has 0 aliphatic rings. The normalized spacial score (nSPS) is 10.5. The monoisotopic (exact) mass is 342 g/mol. The fraction of sp³-hybridized carbons (Fsp3) is 0.118. The van der Waals surface area contributed by atoms with E-state index in [4.69, 9.17) is 11.6 Å². The zero-order chi connectivity index (χ0) is 16.9. The van der Waals surface area contributed by atoms with Crippen molar-refractivity contribution in [3.8, 4) is 0 Å². The summed E-state index contributed by atoms with van der Waals surface area (Å²) in [5, 5.41) is 0.611. The van der Waals surface area contributed by atoms with Crippen LogP contribution in [-0.4, -0.2) is 21.2 Å². The maximum Gasteiger partial charge on any atom is 0.244 e. The quantitative estimate of drug-likeness (QED) is 0.711. The summed E-state index contributed by atoms with van der Waals surface area (Å²) in [6, 6.07) is 12.6. The molecule has 7 heteroatoms. The number of nitrogens with zero attached hydrogens (tertiary/aromatic N) is 2. The summed E-state index contributed by atoms with van der Waals surface area (Å²) >= 11 is 5.79. The van der Waals surface area contributed by atoms with Crippen LogP contribution in [0.25, 0.3) is 5.65 Å². The minimum absolute atomic E-state index is 0.0862. The highest BCUT2D eigenvalue weighted by atomic mass is 35.5. The van der Waals surface area contributed by atoms with Crippen LogP contribution >= 0.6 is 11.6 Å². The van der Waals surface area contributed by atoms with Gasteiger partial charge < -0.3 is 4.40 Å². The van der Waals surface area contributed by atoms with Crippen molar-refractivity contribution in [2.45, 2.75) is 12.8 Å². The molecule has 2 N–H and O–H groups in total. The number of hydrazine groups is 1. The SMILES string of the molecule is O=C(Cc1ccc(Cl)cc1)NNC(=O)Cc1cn2ccccc2n1. The fourth-order valence-corrected chi connectivity index (χ4v) is 2.38. The molecule has 6 nitrogen and oxygen atoms in total. The van der Waals surface area contributed by atoms with Crippen molar-refractivity contribution in [1.29, 1.82) is 0 Å². The predicted molar refractivity (Wildman–Crippen MR) is 90.3 cm³/mol. The Bertz CT molecular complexity index is 841. The third-order valence-corrected chi connectivity index (χ3v) is 3.63. The Morgan fingerprint density at radius 2 is 1.71 bits per heavy atom. The van der Waals surface area contributed by atoms with Crippen molar-refractivity contribution >= 4 is 29.1 Å². The molecule has 24 heavy (non-hydrogen) atoms. The van der Waals surface area contributed by atoms with Gasteiger partial charge in [0.25, 0.3) is 0 Å². The lowest BCUT2D eigenvalue weighted by Crippen LogP contribution is -2.43. The van der Waals surface area contributed by atoms with Crippen LogP contribution in [0, 0.1) is 0 Å². The van der Waals surface area contributed by atoms with Crippen LogP contribution < -0.4 is 10.9 Å². The van der Waals surface area contributed by atoms with E-state index in [1.165, 1.54) is 0 Å². The number of imidazole rings is 1. The van der Waals surface area contributed by atoms with Crippen molar-refractivity contribution in [3.05, 3.63) is 71.1 Å². The van der Waals surface area contributed by atoms with E-state index in [-0.39, 0.29) is 24.7 Å². The second-order valence-corrected chi connectivity index (χ2v) is 5.71. The molecule has 0 aliphatic carbocycles. The van der Waals surface area contributed by atoms with Gasteiger partial charge in [-0.25, -0.2) is 4.98 Å². The van der Waals surface area contributed by atoms with Gasteiger partial charge in [0.1, 0.15) is 5.65 Å². The molecular weight excluding hydrogens is 328 g/mol. The van der Waals surface area contributed by atoms with Crippen molar-refractivity contribution in [2.75, 3.05) is 0 Å². The van der Waals surface area contributed by atoms with E-state index in [1.807, 2.05) is 28.8 Å². The van der Waals surface area contributed by atoms with E-state index in [0.29, 0.717) is 10.7 Å². The fourth-order valence-electron chi connectivity index (χ4n) is 2.25. The number of carbonyl (C=O) groups excluding carboxylic acids is 2. The van der Waals surface area contributed by atoms with Gasteiger partial charge in [0.05, 0.1) is 18.5 Å². The third kappa shape index (κ3) is 4.11.